The molecule has 2 amide bonds. The first-order valence-electron chi connectivity index (χ1n) is 10.9. The maximum atomic E-state index is 12.3. The molecule has 1 atom stereocenters. The third kappa shape index (κ3) is 7.43. The number of anilines is 2. The van der Waals surface area contributed by atoms with Gasteiger partial charge in [0.05, 0.1) is 16.6 Å². The van der Waals surface area contributed by atoms with Crippen molar-refractivity contribution < 1.29 is 18.0 Å². The number of thioether (sulfide) groups is 1. The number of nitrogens with zero attached hydrogens (tertiary/aromatic N) is 3. The van der Waals surface area contributed by atoms with Crippen molar-refractivity contribution in [3.8, 4) is 0 Å². The Morgan fingerprint density at radius 2 is 1.91 bits per heavy atom. The van der Waals surface area contributed by atoms with Crippen molar-refractivity contribution in [1.29, 1.82) is 0 Å². The van der Waals surface area contributed by atoms with Crippen LogP contribution in [0, 0.1) is 5.92 Å². The van der Waals surface area contributed by atoms with E-state index in [1.165, 1.54) is 23.9 Å². The minimum Gasteiger partial charge on any atom is -0.356 e. The van der Waals surface area contributed by atoms with Gasteiger partial charge in [-0.25, -0.2) is 8.42 Å². The van der Waals surface area contributed by atoms with Gasteiger partial charge in [-0.2, -0.15) is 0 Å². The summed E-state index contributed by atoms with van der Waals surface area (Å²) in [5.41, 5.74) is 0.525. The van der Waals surface area contributed by atoms with Crippen LogP contribution in [0.2, 0.25) is 0 Å². The lowest BCUT2D eigenvalue weighted by molar-refractivity contribution is -0.125. The van der Waals surface area contributed by atoms with E-state index in [1.54, 1.807) is 12.1 Å². The highest BCUT2D eigenvalue weighted by molar-refractivity contribution is 7.99. The number of benzene rings is 1. The Balaban J connectivity index is 1.49. The van der Waals surface area contributed by atoms with Crippen molar-refractivity contribution in [3.63, 3.8) is 0 Å². The zero-order chi connectivity index (χ0) is 23.8. The van der Waals surface area contributed by atoms with Crippen LogP contribution in [0.25, 0.3) is 0 Å². The number of carbonyl (C=O) groups excluding carboxylic acids is 2. The second kappa shape index (κ2) is 11.5. The van der Waals surface area contributed by atoms with Gasteiger partial charge in [0.1, 0.15) is 5.03 Å². The molecule has 2 heterocycles. The highest BCUT2D eigenvalue weighted by atomic mass is 32.2. The predicted molar refractivity (Wildman–Crippen MR) is 129 cm³/mol. The number of rotatable bonds is 9. The van der Waals surface area contributed by atoms with E-state index in [9.17, 15) is 18.0 Å². The van der Waals surface area contributed by atoms with Crippen LogP contribution in [-0.4, -0.2) is 62.1 Å². The molecule has 0 spiro atoms. The van der Waals surface area contributed by atoms with Crippen LogP contribution in [0.4, 0.5) is 11.5 Å². The fraction of sp³-hybridized carbons (Fsp3) is 0.455. The Kier molecular flexibility index (Phi) is 8.67. The number of carbonyl (C=O) groups is 2. The van der Waals surface area contributed by atoms with Crippen LogP contribution in [0.5, 0.6) is 0 Å². The molecule has 1 aromatic heterocycles. The van der Waals surface area contributed by atoms with Gasteiger partial charge in [0.25, 0.3) is 0 Å². The average Bonchev–Trinajstić information content (AvgIpc) is 2.81. The topological polar surface area (TPSA) is 121 Å². The maximum absolute atomic E-state index is 12.3. The first kappa shape index (κ1) is 25.0. The second-order valence-electron chi connectivity index (χ2n) is 7.94. The lowest BCUT2D eigenvalue weighted by Crippen LogP contribution is -2.43. The van der Waals surface area contributed by atoms with Crippen molar-refractivity contribution >= 4 is 44.9 Å². The number of amides is 2. The molecular weight excluding hydrogens is 462 g/mol. The molecule has 178 valence electrons. The Bertz CT molecular complexity index is 1060. The molecule has 0 saturated carbocycles. The molecule has 2 aromatic rings. The lowest BCUT2D eigenvalue weighted by atomic mass is 9.97. The molecule has 0 bridgehead atoms. The van der Waals surface area contributed by atoms with Gasteiger partial charge in [-0.05, 0) is 55.7 Å². The summed E-state index contributed by atoms with van der Waals surface area (Å²) in [6.45, 7) is 4.18. The van der Waals surface area contributed by atoms with E-state index in [1.807, 2.05) is 19.1 Å². The van der Waals surface area contributed by atoms with E-state index in [-0.39, 0.29) is 28.4 Å². The van der Waals surface area contributed by atoms with E-state index in [4.69, 9.17) is 0 Å². The molecule has 1 fully saturated rings. The van der Waals surface area contributed by atoms with Crippen LogP contribution in [0.1, 0.15) is 26.2 Å². The monoisotopic (exact) mass is 491 g/mol. The van der Waals surface area contributed by atoms with Crippen molar-refractivity contribution in [2.24, 2.45) is 5.92 Å². The summed E-state index contributed by atoms with van der Waals surface area (Å²) in [5.74, 6) is 0.693. The first-order valence-corrected chi connectivity index (χ1v) is 13.7. The third-order valence-electron chi connectivity index (χ3n) is 5.21. The largest absolute Gasteiger partial charge is 0.356 e. The fourth-order valence-electron chi connectivity index (χ4n) is 3.47. The summed E-state index contributed by atoms with van der Waals surface area (Å²) in [6, 6.07) is 9.72. The number of hydrogen-bond donors (Lipinski definition) is 2. The van der Waals surface area contributed by atoms with Crippen LogP contribution in [0.3, 0.4) is 0 Å². The molecule has 1 aliphatic rings. The fourth-order valence-corrected chi connectivity index (χ4v) is 4.72. The molecular formula is C22H29N5O4S2. The molecule has 1 aliphatic heterocycles. The van der Waals surface area contributed by atoms with Gasteiger partial charge >= 0.3 is 0 Å². The van der Waals surface area contributed by atoms with Gasteiger partial charge < -0.3 is 15.5 Å². The van der Waals surface area contributed by atoms with Crippen LogP contribution >= 0.6 is 11.8 Å². The zero-order valence-electron chi connectivity index (χ0n) is 18.8. The minimum absolute atomic E-state index is 0.0450. The molecule has 33 heavy (non-hydrogen) atoms. The number of hydrogen-bond acceptors (Lipinski definition) is 8. The number of nitrogens with one attached hydrogen (secondary N) is 2. The predicted octanol–water partition coefficient (Wildman–Crippen LogP) is 2.35. The number of sulfone groups is 1. The Morgan fingerprint density at radius 3 is 2.55 bits per heavy atom. The zero-order valence-corrected chi connectivity index (χ0v) is 20.4. The van der Waals surface area contributed by atoms with Crippen molar-refractivity contribution in [1.82, 2.24) is 15.5 Å². The van der Waals surface area contributed by atoms with Crippen molar-refractivity contribution in [2.75, 3.05) is 41.9 Å². The molecule has 2 N–H and O–H groups in total. The van der Waals surface area contributed by atoms with E-state index in [2.05, 4.69) is 25.7 Å². The van der Waals surface area contributed by atoms with Crippen LogP contribution < -0.4 is 15.5 Å². The van der Waals surface area contributed by atoms with E-state index in [0.29, 0.717) is 23.8 Å². The van der Waals surface area contributed by atoms with E-state index < -0.39 is 9.84 Å². The molecule has 3 rings (SSSR count). The molecule has 1 saturated heterocycles. The smallest absolute Gasteiger partial charge is 0.234 e. The highest BCUT2D eigenvalue weighted by Crippen LogP contribution is 2.23. The Morgan fingerprint density at radius 1 is 1.15 bits per heavy atom. The third-order valence-corrected chi connectivity index (χ3v) is 7.26. The van der Waals surface area contributed by atoms with E-state index in [0.717, 1.165) is 37.9 Å². The molecule has 0 radical (unpaired) electrons. The minimum atomic E-state index is -3.27. The van der Waals surface area contributed by atoms with E-state index >= 15 is 0 Å². The van der Waals surface area contributed by atoms with Gasteiger partial charge in [-0.3, -0.25) is 9.59 Å². The number of piperidine rings is 1. The Labute approximate surface area is 198 Å². The molecule has 0 unspecified atom stereocenters. The van der Waals surface area contributed by atoms with Gasteiger partial charge in [0.2, 0.25) is 11.8 Å². The second-order valence-corrected chi connectivity index (χ2v) is 11.0. The van der Waals surface area contributed by atoms with Crippen molar-refractivity contribution in [2.45, 2.75) is 36.1 Å². The van der Waals surface area contributed by atoms with Gasteiger partial charge in [-0.15, -0.1) is 10.2 Å². The van der Waals surface area contributed by atoms with Gasteiger partial charge in [-0.1, -0.05) is 18.7 Å². The molecule has 11 heteroatoms. The normalized spacial score (nSPS) is 16.3. The molecule has 0 aliphatic carbocycles. The summed E-state index contributed by atoms with van der Waals surface area (Å²) in [4.78, 5) is 26.8. The van der Waals surface area contributed by atoms with Gasteiger partial charge in [0.15, 0.2) is 15.7 Å². The SMILES string of the molecule is CCCNC(=O)[C@@H]1CCCN(c2ccc(SCC(=O)Nc3ccc(S(C)(=O)=O)cc3)nn2)C1. The first-order chi connectivity index (χ1) is 15.8. The molecule has 9 nitrogen and oxygen atoms in total. The maximum Gasteiger partial charge on any atom is 0.234 e. The summed E-state index contributed by atoms with van der Waals surface area (Å²) in [5, 5.41) is 14.8. The summed E-state index contributed by atoms with van der Waals surface area (Å²) in [7, 11) is -3.27. The van der Waals surface area contributed by atoms with Crippen LogP contribution in [0.15, 0.2) is 46.3 Å². The quantitative estimate of drug-likeness (QED) is 0.513. The lowest BCUT2D eigenvalue weighted by Gasteiger charge is -2.32. The van der Waals surface area contributed by atoms with Crippen LogP contribution in [-0.2, 0) is 19.4 Å². The Hall–Kier alpha value is -2.66. The summed E-state index contributed by atoms with van der Waals surface area (Å²) < 4.78 is 23.0. The number of aromatic nitrogens is 2. The van der Waals surface area contributed by atoms with Gasteiger partial charge in [0, 0.05) is 31.6 Å². The average molecular weight is 492 g/mol. The standard InChI is InChI=1S/C22H29N5O4S2/c1-3-12-23-22(29)16-5-4-13-27(14-16)19-10-11-21(26-25-19)32-15-20(28)24-17-6-8-18(9-7-17)33(2,30)31/h6-11,16H,3-5,12-15H2,1-2H3,(H,23,29)(H,24,28)/t16-/m1/s1. The summed E-state index contributed by atoms with van der Waals surface area (Å²) >= 11 is 1.26. The summed E-state index contributed by atoms with van der Waals surface area (Å²) in [6.07, 6.45) is 3.85. The van der Waals surface area contributed by atoms with Crippen molar-refractivity contribution in [3.05, 3.63) is 36.4 Å². The highest BCUT2D eigenvalue weighted by Gasteiger charge is 2.26. The molecule has 1 aromatic carbocycles.